The molecule has 168 valence electrons. The average Bonchev–Trinajstić information content (AvgIpc) is 2.78. The molecule has 1 aliphatic rings. The number of amides is 3. The maximum atomic E-state index is 12.8. The van der Waals surface area contributed by atoms with Crippen LogP contribution in [0.1, 0.15) is 29.3 Å². The van der Waals surface area contributed by atoms with Crippen LogP contribution in [0.2, 0.25) is 0 Å². The summed E-state index contributed by atoms with van der Waals surface area (Å²) in [5, 5.41) is 19.1. The number of benzene rings is 2. The molecule has 0 aromatic heterocycles. The second-order valence-corrected chi connectivity index (χ2v) is 7.38. The largest absolute Gasteiger partial charge is 0.493 e. The van der Waals surface area contributed by atoms with E-state index in [9.17, 15) is 24.5 Å². The normalized spacial score (nSPS) is 20.0. The Morgan fingerprint density at radius 1 is 1.06 bits per heavy atom. The van der Waals surface area contributed by atoms with E-state index in [-0.39, 0.29) is 35.9 Å². The molecule has 3 N–H and O–H groups in total. The van der Waals surface area contributed by atoms with Crippen molar-refractivity contribution >= 4 is 23.4 Å². The molecule has 0 fully saturated rings. The second kappa shape index (κ2) is 10.4. The van der Waals surface area contributed by atoms with Crippen molar-refractivity contribution in [3.05, 3.63) is 69.8 Å². The minimum Gasteiger partial charge on any atom is -0.493 e. The Hall–Kier alpha value is -3.95. The zero-order chi connectivity index (χ0) is 23.1. The monoisotopic (exact) mass is 440 g/mol. The average molecular weight is 440 g/mol. The number of carbonyl (C=O) groups is 3. The van der Waals surface area contributed by atoms with E-state index in [4.69, 9.17) is 4.74 Å². The van der Waals surface area contributed by atoms with E-state index < -0.39 is 28.8 Å². The molecular formula is C22H24N4O6. The number of nitrogens with one attached hydrogen (secondary N) is 3. The maximum absolute atomic E-state index is 12.8. The fraction of sp³-hybridized carbons (Fsp3) is 0.318. The summed E-state index contributed by atoms with van der Waals surface area (Å²) < 4.78 is 5.62. The quantitative estimate of drug-likeness (QED) is 0.486. The van der Waals surface area contributed by atoms with Crippen molar-refractivity contribution in [2.45, 2.75) is 31.8 Å². The molecule has 0 aliphatic carbocycles. The molecule has 10 heteroatoms. The summed E-state index contributed by atoms with van der Waals surface area (Å²) in [6.07, 6.45) is 0.719. The van der Waals surface area contributed by atoms with Gasteiger partial charge in [-0.2, -0.15) is 0 Å². The molecule has 32 heavy (non-hydrogen) atoms. The number of nitro groups is 1. The van der Waals surface area contributed by atoms with Gasteiger partial charge in [0.1, 0.15) is 17.8 Å². The SMILES string of the molecule is C[C@@H]1NC(=O)c2cc([N+](=O)[O-])ccc2OCCCNC(=O)[C@H](Cc2ccccc2)NC1=O. The molecule has 0 radical (unpaired) electrons. The number of nitrogens with zero attached hydrogens (tertiary/aromatic N) is 1. The Morgan fingerprint density at radius 2 is 1.81 bits per heavy atom. The van der Waals surface area contributed by atoms with E-state index in [0.717, 1.165) is 11.6 Å². The Balaban J connectivity index is 1.83. The smallest absolute Gasteiger partial charge is 0.270 e. The second-order valence-electron chi connectivity index (χ2n) is 7.38. The molecule has 3 amide bonds. The lowest BCUT2D eigenvalue weighted by atomic mass is 10.0. The molecule has 10 nitrogen and oxygen atoms in total. The Kier molecular flexibility index (Phi) is 7.37. The summed E-state index contributed by atoms with van der Waals surface area (Å²) in [4.78, 5) is 48.7. The lowest BCUT2D eigenvalue weighted by Crippen LogP contribution is -2.53. The van der Waals surface area contributed by atoms with Gasteiger partial charge < -0.3 is 20.7 Å². The van der Waals surface area contributed by atoms with E-state index in [1.54, 1.807) is 0 Å². The van der Waals surface area contributed by atoms with Crippen molar-refractivity contribution in [2.24, 2.45) is 0 Å². The van der Waals surface area contributed by atoms with Crippen LogP contribution in [-0.2, 0) is 16.0 Å². The van der Waals surface area contributed by atoms with E-state index >= 15 is 0 Å². The van der Waals surface area contributed by atoms with Crippen LogP contribution in [0.25, 0.3) is 0 Å². The van der Waals surface area contributed by atoms with Gasteiger partial charge in [0.05, 0.1) is 17.1 Å². The Bertz CT molecular complexity index is 1010. The molecule has 2 atom stereocenters. The minimum atomic E-state index is -0.997. The van der Waals surface area contributed by atoms with Gasteiger partial charge in [-0.15, -0.1) is 0 Å². The molecule has 0 saturated heterocycles. The first kappa shape index (κ1) is 22.7. The molecule has 0 bridgehead atoms. The standard InChI is InChI=1S/C22H24N4O6/c1-14-20(27)25-18(12-15-6-3-2-4-7-15)22(29)23-10-5-11-32-19-9-8-16(26(30)31)13-17(19)21(28)24-14/h2-4,6-9,13-14,18H,5,10-12H2,1H3,(H,23,29)(H,24,28)(H,25,27)/t14-,18-/m0/s1. The zero-order valence-electron chi connectivity index (χ0n) is 17.5. The number of ether oxygens (including phenoxy) is 1. The van der Waals surface area contributed by atoms with Crippen LogP contribution in [0.4, 0.5) is 5.69 Å². The van der Waals surface area contributed by atoms with Gasteiger partial charge in [0.2, 0.25) is 11.8 Å². The number of rotatable bonds is 3. The first-order chi connectivity index (χ1) is 15.3. The van der Waals surface area contributed by atoms with E-state index in [1.807, 2.05) is 30.3 Å². The molecule has 1 aliphatic heterocycles. The van der Waals surface area contributed by atoms with Gasteiger partial charge in [-0.1, -0.05) is 30.3 Å². The molecule has 2 aromatic rings. The van der Waals surface area contributed by atoms with Crippen LogP contribution < -0.4 is 20.7 Å². The van der Waals surface area contributed by atoms with Gasteiger partial charge in [0.15, 0.2) is 0 Å². The van der Waals surface area contributed by atoms with Crippen molar-refractivity contribution < 1.29 is 24.0 Å². The summed E-state index contributed by atoms with van der Waals surface area (Å²) in [5.41, 5.74) is 0.562. The van der Waals surface area contributed by atoms with Gasteiger partial charge in [-0.05, 0) is 25.0 Å². The lowest BCUT2D eigenvalue weighted by molar-refractivity contribution is -0.384. The minimum absolute atomic E-state index is 0.0409. The first-order valence-electron chi connectivity index (χ1n) is 10.2. The van der Waals surface area contributed by atoms with Gasteiger partial charge >= 0.3 is 0 Å². The van der Waals surface area contributed by atoms with Crippen molar-refractivity contribution in [3.8, 4) is 5.75 Å². The first-order valence-corrected chi connectivity index (χ1v) is 10.2. The van der Waals surface area contributed by atoms with E-state index in [0.29, 0.717) is 13.0 Å². The van der Waals surface area contributed by atoms with Crippen molar-refractivity contribution in [1.82, 2.24) is 16.0 Å². The predicted octanol–water partition coefficient (Wildman–Crippen LogP) is 1.34. The molecular weight excluding hydrogens is 416 g/mol. The molecule has 3 rings (SSSR count). The number of hydrogen-bond donors (Lipinski definition) is 3. The van der Waals surface area contributed by atoms with Crippen LogP contribution in [0.5, 0.6) is 5.75 Å². The van der Waals surface area contributed by atoms with Gasteiger partial charge in [-0.25, -0.2) is 0 Å². The van der Waals surface area contributed by atoms with Crippen molar-refractivity contribution in [1.29, 1.82) is 0 Å². The third-order valence-electron chi connectivity index (χ3n) is 4.95. The van der Waals surface area contributed by atoms with Crippen molar-refractivity contribution in [2.75, 3.05) is 13.2 Å². The molecule has 1 heterocycles. The third kappa shape index (κ3) is 5.81. The highest BCUT2D eigenvalue weighted by Crippen LogP contribution is 2.24. The number of non-ortho nitro benzene ring substituents is 1. The molecule has 2 aromatic carbocycles. The summed E-state index contributed by atoms with van der Waals surface area (Å²) in [6, 6.07) is 11.1. The summed E-state index contributed by atoms with van der Waals surface area (Å²) >= 11 is 0. The van der Waals surface area contributed by atoms with Crippen LogP contribution in [0.3, 0.4) is 0 Å². The fourth-order valence-corrected chi connectivity index (χ4v) is 3.22. The van der Waals surface area contributed by atoms with Gasteiger partial charge in [-0.3, -0.25) is 24.5 Å². The summed E-state index contributed by atoms with van der Waals surface area (Å²) in [5.74, 6) is -1.42. The van der Waals surface area contributed by atoms with Crippen LogP contribution >= 0.6 is 0 Å². The number of hydrogen-bond acceptors (Lipinski definition) is 6. The van der Waals surface area contributed by atoms with E-state index in [2.05, 4.69) is 16.0 Å². The van der Waals surface area contributed by atoms with Crippen LogP contribution in [0.15, 0.2) is 48.5 Å². The Labute approximate surface area is 184 Å². The van der Waals surface area contributed by atoms with E-state index in [1.165, 1.54) is 19.1 Å². The zero-order valence-corrected chi connectivity index (χ0v) is 17.5. The van der Waals surface area contributed by atoms with Gasteiger partial charge in [0.25, 0.3) is 11.6 Å². The highest BCUT2D eigenvalue weighted by Gasteiger charge is 2.26. The number of fused-ring (bicyclic) bond motifs is 1. The van der Waals surface area contributed by atoms with Gasteiger partial charge in [0, 0.05) is 25.1 Å². The highest BCUT2D eigenvalue weighted by molar-refractivity contribution is 6.00. The summed E-state index contributed by atoms with van der Waals surface area (Å²) in [7, 11) is 0. The van der Waals surface area contributed by atoms with Crippen molar-refractivity contribution in [3.63, 3.8) is 0 Å². The number of nitro benzene ring substituents is 1. The lowest BCUT2D eigenvalue weighted by Gasteiger charge is -2.22. The topological polar surface area (TPSA) is 140 Å². The summed E-state index contributed by atoms with van der Waals surface area (Å²) in [6.45, 7) is 1.95. The molecule has 0 unspecified atom stereocenters. The molecule has 0 spiro atoms. The Morgan fingerprint density at radius 3 is 2.53 bits per heavy atom. The van der Waals surface area contributed by atoms with Crippen LogP contribution in [-0.4, -0.2) is 47.9 Å². The van der Waals surface area contributed by atoms with Crippen LogP contribution in [0, 0.1) is 10.1 Å². The highest BCUT2D eigenvalue weighted by atomic mass is 16.6. The predicted molar refractivity (Wildman–Crippen MR) is 115 cm³/mol. The maximum Gasteiger partial charge on any atom is 0.270 e. The fourth-order valence-electron chi connectivity index (χ4n) is 3.22. The third-order valence-corrected chi connectivity index (χ3v) is 4.95. The number of carbonyl (C=O) groups excluding carboxylic acids is 3. The molecule has 0 saturated carbocycles.